The van der Waals surface area contributed by atoms with Crippen molar-refractivity contribution in [2.75, 3.05) is 84.6 Å². The summed E-state index contributed by atoms with van der Waals surface area (Å²) < 4.78 is 10.7. The van der Waals surface area contributed by atoms with Crippen LogP contribution in [0.4, 0.5) is 5.69 Å². The minimum Gasteiger partial charge on any atom is -0.497 e. The first-order valence-corrected chi connectivity index (χ1v) is 10.4. The fraction of sp³-hybridized carbons (Fsp3) is 0.667. The third kappa shape index (κ3) is 6.01. The second kappa shape index (κ2) is 11.1. The maximum atomic E-state index is 5.40. The SMILES string of the molecule is CN=C(NCCCCN1CCOCC1)N1CCN(c2ccc(OC)cc2)CC1. The van der Waals surface area contributed by atoms with Crippen LogP contribution in [-0.4, -0.2) is 95.5 Å². The molecule has 1 aromatic carbocycles. The van der Waals surface area contributed by atoms with E-state index < -0.39 is 0 Å². The smallest absolute Gasteiger partial charge is 0.193 e. The lowest BCUT2D eigenvalue weighted by Gasteiger charge is -2.37. The van der Waals surface area contributed by atoms with Crippen LogP contribution in [0.1, 0.15) is 12.8 Å². The molecule has 0 spiro atoms. The summed E-state index contributed by atoms with van der Waals surface area (Å²) in [6.45, 7) is 10.1. The molecule has 0 bridgehead atoms. The van der Waals surface area contributed by atoms with E-state index in [-0.39, 0.29) is 0 Å². The third-order valence-electron chi connectivity index (χ3n) is 5.52. The molecule has 1 N–H and O–H groups in total. The van der Waals surface area contributed by atoms with Crippen LogP contribution in [0.15, 0.2) is 29.3 Å². The minimum atomic E-state index is 0.882. The summed E-state index contributed by atoms with van der Waals surface area (Å²) >= 11 is 0. The molecule has 2 aliphatic heterocycles. The number of piperazine rings is 1. The summed E-state index contributed by atoms with van der Waals surface area (Å²) in [5.74, 6) is 1.93. The zero-order valence-corrected chi connectivity index (χ0v) is 17.4. The Morgan fingerprint density at radius 2 is 1.75 bits per heavy atom. The number of methoxy groups -OCH3 is 1. The number of ether oxygens (including phenoxy) is 2. The number of nitrogens with zero attached hydrogens (tertiary/aromatic N) is 4. The molecule has 0 radical (unpaired) electrons. The van der Waals surface area contributed by atoms with Gasteiger partial charge in [-0.25, -0.2) is 0 Å². The van der Waals surface area contributed by atoms with Crippen molar-refractivity contribution in [3.05, 3.63) is 24.3 Å². The molecule has 0 atom stereocenters. The van der Waals surface area contributed by atoms with Crippen molar-refractivity contribution in [3.8, 4) is 5.75 Å². The molecular weight excluding hydrogens is 354 g/mol. The summed E-state index contributed by atoms with van der Waals surface area (Å²) in [7, 11) is 3.58. The minimum absolute atomic E-state index is 0.882. The lowest BCUT2D eigenvalue weighted by molar-refractivity contribution is 0.0372. The van der Waals surface area contributed by atoms with Crippen LogP contribution >= 0.6 is 0 Å². The van der Waals surface area contributed by atoms with Gasteiger partial charge < -0.3 is 24.6 Å². The fourth-order valence-electron chi connectivity index (χ4n) is 3.79. The number of morpholine rings is 1. The molecule has 0 saturated carbocycles. The number of hydrogen-bond acceptors (Lipinski definition) is 5. The Bertz CT molecular complexity index is 593. The Balaban J connectivity index is 1.35. The topological polar surface area (TPSA) is 52.6 Å². The number of benzene rings is 1. The van der Waals surface area contributed by atoms with Gasteiger partial charge in [-0.05, 0) is 43.7 Å². The van der Waals surface area contributed by atoms with Crippen molar-refractivity contribution in [3.63, 3.8) is 0 Å². The number of aliphatic imine (C=N–C) groups is 1. The second-order valence-corrected chi connectivity index (χ2v) is 7.31. The van der Waals surface area contributed by atoms with Gasteiger partial charge in [-0.3, -0.25) is 9.89 Å². The zero-order chi connectivity index (χ0) is 19.6. The van der Waals surface area contributed by atoms with Gasteiger partial charge in [0.15, 0.2) is 5.96 Å². The van der Waals surface area contributed by atoms with Gasteiger partial charge in [0, 0.05) is 58.5 Å². The maximum Gasteiger partial charge on any atom is 0.193 e. The molecule has 7 nitrogen and oxygen atoms in total. The molecule has 2 aliphatic rings. The van der Waals surface area contributed by atoms with Gasteiger partial charge in [0.2, 0.25) is 0 Å². The van der Waals surface area contributed by atoms with E-state index in [0.29, 0.717) is 0 Å². The molecule has 0 amide bonds. The highest BCUT2D eigenvalue weighted by Crippen LogP contribution is 2.20. The van der Waals surface area contributed by atoms with Crippen molar-refractivity contribution < 1.29 is 9.47 Å². The van der Waals surface area contributed by atoms with E-state index in [4.69, 9.17) is 9.47 Å². The molecule has 28 heavy (non-hydrogen) atoms. The Labute approximate surface area is 169 Å². The number of anilines is 1. The van der Waals surface area contributed by atoms with Crippen molar-refractivity contribution >= 4 is 11.6 Å². The van der Waals surface area contributed by atoms with Crippen LogP contribution < -0.4 is 15.0 Å². The molecular formula is C21H35N5O2. The monoisotopic (exact) mass is 389 g/mol. The standard InChI is InChI=1S/C21H35N5O2/c1-22-21(23-9-3-4-10-24-15-17-28-18-16-24)26-13-11-25(12-14-26)19-5-7-20(27-2)8-6-19/h5-8H,3-4,9-18H2,1-2H3,(H,22,23). The highest BCUT2D eigenvalue weighted by molar-refractivity contribution is 5.80. The molecule has 7 heteroatoms. The Morgan fingerprint density at radius 3 is 2.39 bits per heavy atom. The Hall–Kier alpha value is -1.99. The summed E-state index contributed by atoms with van der Waals surface area (Å²) in [6, 6.07) is 8.32. The van der Waals surface area contributed by atoms with Gasteiger partial charge >= 0.3 is 0 Å². The van der Waals surface area contributed by atoms with Crippen LogP contribution in [0.2, 0.25) is 0 Å². The third-order valence-corrected chi connectivity index (χ3v) is 5.52. The summed E-state index contributed by atoms with van der Waals surface area (Å²) in [6.07, 6.45) is 2.39. The number of unbranched alkanes of at least 4 members (excludes halogenated alkanes) is 1. The predicted molar refractivity (Wildman–Crippen MR) is 115 cm³/mol. The van der Waals surface area contributed by atoms with E-state index in [1.807, 2.05) is 19.2 Å². The molecule has 0 aliphatic carbocycles. The molecule has 2 heterocycles. The van der Waals surface area contributed by atoms with E-state index in [1.54, 1.807) is 7.11 Å². The van der Waals surface area contributed by atoms with Crippen molar-refractivity contribution in [1.29, 1.82) is 0 Å². The van der Waals surface area contributed by atoms with Gasteiger partial charge in [-0.15, -0.1) is 0 Å². The summed E-state index contributed by atoms with van der Waals surface area (Å²) in [4.78, 5) is 11.8. The summed E-state index contributed by atoms with van der Waals surface area (Å²) in [5, 5.41) is 3.54. The Kier molecular flexibility index (Phi) is 8.23. The highest BCUT2D eigenvalue weighted by atomic mass is 16.5. The molecule has 0 unspecified atom stereocenters. The van der Waals surface area contributed by atoms with Gasteiger partial charge in [-0.2, -0.15) is 0 Å². The van der Waals surface area contributed by atoms with Gasteiger partial charge in [-0.1, -0.05) is 0 Å². The normalized spacial score (nSPS) is 19.0. The number of hydrogen-bond donors (Lipinski definition) is 1. The van der Waals surface area contributed by atoms with Crippen LogP contribution in [0, 0.1) is 0 Å². The van der Waals surface area contributed by atoms with E-state index in [2.05, 4.69) is 37.1 Å². The maximum absolute atomic E-state index is 5.40. The first kappa shape index (κ1) is 20.7. The average molecular weight is 390 g/mol. The first-order chi connectivity index (χ1) is 13.8. The molecule has 3 rings (SSSR count). The lowest BCUT2D eigenvalue weighted by atomic mass is 10.2. The fourth-order valence-corrected chi connectivity index (χ4v) is 3.79. The summed E-state index contributed by atoms with van der Waals surface area (Å²) in [5.41, 5.74) is 1.26. The predicted octanol–water partition coefficient (Wildman–Crippen LogP) is 1.51. The van der Waals surface area contributed by atoms with Crippen LogP contribution in [-0.2, 0) is 4.74 Å². The molecule has 0 aromatic heterocycles. The first-order valence-electron chi connectivity index (χ1n) is 10.4. The second-order valence-electron chi connectivity index (χ2n) is 7.31. The zero-order valence-electron chi connectivity index (χ0n) is 17.4. The average Bonchev–Trinajstić information content (AvgIpc) is 2.77. The lowest BCUT2D eigenvalue weighted by Crippen LogP contribution is -2.52. The van der Waals surface area contributed by atoms with Crippen LogP contribution in [0.25, 0.3) is 0 Å². The quantitative estimate of drug-likeness (QED) is 0.433. The molecule has 2 saturated heterocycles. The Morgan fingerprint density at radius 1 is 1.04 bits per heavy atom. The van der Waals surface area contributed by atoms with E-state index in [1.165, 1.54) is 25.1 Å². The number of rotatable bonds is 7. The van der Waals surface area contributed by atoms with Crippen molar-refractivity contribution in [2.45, 2.75) is 12.8 Å². The molecule has 1 aromatic rings. The van der Waals surface area contributed by atoms with Gasteiger partial charge in [0.1, 0.15) is 5.75 Å². The number of guanidine groups is 1. The highest BCUT2D eigenvalue weighted by Gasteiger charge is 2.19. The van der Waals surface area contributed by atoms with Crippen molar-refractivity contribution in [1.82, 2.24) is 15.1 Å². The van der Waals surface area contributed by atoms with Gasteiger partial charge in [0.05, 0.1) is 20.3 Å². The van der Waals surface area contributed by atoms with Crippen LogP contribution in [0.3, 0.4) is 0 Å². The van der Waals surface area contributed by atoms with E-state index >= 15 is 0 Å². The van der Waals surface area contributed by atoms with E-state index in [9.17, 15) is 0 Å². The van der Waals surface area contributed by atoms with Crippen LogP contribution in [0.5, 0.6) is 5.75 Å². The van der Waals surface area contributed by atoms with Crippen molar-refractivity contribution in [2.24, 2.45) is 4.99 Å². The molecule has 156 valence electrons. The largest absolute Gasteiger partial charge is 0.497 e. The number of nitrogens with one attached hydrogen (secondary N) is 1. The van der Waals surface area contributed by atoms with Gasteiger partial charge in [0.25, 0.3) is 0 Å². The van der Waals surface area contributed by atoms with E-state index in [0.717, 1.165) is 70.7 Å². The molecule has 2 fully saturated rings.